The normalized spacial score (nSPS) is 13.2. The molecule has 212 valence electrons. The molecule has 0 bridgehead atoms. The molecule has 13 heteroatoms. The van der Waals surface area contributed by atoms with Crippen LogP contribution in [-0.4, -0.2) is 55.5 Å². The molecule has 1 aliphatic rings. The Morgan fingerprint density at radius 3 is 2.83 bits per heavy atom. The molecule has 3 aromatic carbocycles. The van der Waals surface area contributed by atoms with Crippen molar-refractivity contribution in [3.8, 4) is 23.0 Å². The van der Waals surface area contributed by atoms with E-state index in [0.29, 0.717) is 33.6 Å². The summed E-state index contributed by atoms with van der Waals surface area (Å²) >= 11 is 6.42. The second-order valence-electron chi connectivity index (χ2n) is 9.60. The van der Waals surface area contributed by atoms with Gasteiger partial charge >= 0.3 is 6.01 Å². The first-order valence-corrected chi connectivity index (χ1v) is 13.2. The number of nitrogens with zero attached hydrogens (tertiary/aromatic N) is 6. The average molecular weight is 588 g/mol. The Labute approximate surface area is 243 Å². The Balaban J connectivity index is 1.17. The highest BCUT2D eigenvalue weighted by Gasteiger charge is 2.30. The molecule has 0 saturated heterocycles. The molecular weight excluding hydrogens is 565 g/mol. The Kier molecular flexibility index (Phi) is 7.13. The van der Waals surface area contributed by atoms with Gasteiger partial charge in [0.2, 0.25) is 5.91 Å². The standard InChI is InChI=1S/C29H23ClFN7O4/c1-16(20-12-19(41-2)9-10-23(20)31)33-26(39)15-37-14-18-8-7-17(11-21(18)28(37)40)27-22(30)13-32-29(34-27)42-38-25-6-4-3-5-24(25)35-36-38/h3-13,16H,14-15H2,1-2H3,(H,33,39)/t16-/m1/s1. The summed E-state index contributed by atoms with van der Waals surface area (Å²) in [6, 6.07) is 16.2. The molecule has 0 radical (unpaired) electrons. The number of aromatic nitrogens is 5. The monoisotopic (exact) mass is 587 g/mol. The maximum absolute atomic E-state index is 14.3. The number of halogens is 2. The molecule has 0 fully saturated rings. The van der Waals surface area contributed by atoms with Crippen molar-refractivity contribution in [1.82, 2.24) is 35.3 Å². The molecule has 5 aromatic rings. The van der Waals surface area contributed by atoms with Crippen LogP contribution in [0, 0.1) is 5.82 Å². The lowest BCUT2D eigenvalue weighted by Crippen LogP contribution is -2.38. The van der Waals surface area contributed by atoms with Gasteiger partial charge in [0.05, 0.1) is 30.1 Å². The fourth-order valence-corrected chi connectivity index (χ4v) is 4.94. The second-order valence-corrected chi connectivity index (χ2v) is 10.0. The molecule has 3 heterocycles. The number of carbonyl (C=O) groups is 2. The Bertz CT molecular complexity index is 1850. The van der Waals surface area contributed by atoms with Crippen LogP contribution in [-0.2, 0) is 11.3 Å². The van der Waals surface area contributed by atoms with Crippen molar-refractivity contribution in [2.75, 3.05) is 13.7 Å². The molecule has 6 rings (SSSR count). The molecule has 1 atom stereocenters. The lowest BCUT2D eigenvalue weighted by Gasteiger charge is -2.19. The summed E-state index contributed by atoms with van der Waals surface area (Å²) in [7, 11) is 1.48. The zero-order chi connectivity index (χ0) is 29.4. The van der Waals surface area contributed by atoms with Crippen molar-refractivity contribution in [1.29, 1.82) is 0 Å². The summed E-state index contributed by atoms with van der Waals surface area (Å²) in [5.41, 5.74) is 3.65. The van der Waals surface area contributed by atoms with Crippen LogP contribution < -0.4 is 14.9 Å². The molecule has 1 aliphatic heterocycles. The van der Waals surface area contributed by atoms with Crippen LogP contribution in [0.1, 0.15) is 34.5 Å². The molecule has 0 saturated carbocycles. The molecule has 0 aliphatic carbocycles. The smallest absolute Gasteiger partial charge is 0.346 e. The van der Waals surface area contributed by atoms with Crippen LogP contribution in [0.2, 0.25) is 5.02 Å². The number of hydrogen-bond donors (Lipinski definition) is 1. The number of rotatable bonds is 8. The molecule has 2 amide bonds. The number of carbonyl (C=O) groups excluding carboxylic acids is 2. The lowest BCUT2D eigenvalue weighted by atomic mass is 10.0. The number of para-hydroxylation sites is 1. The highest BCUT2D eigenvalue weighted by atomic mass is 35.5. The predicted molar refractivity (Wildman–Crippen MR) is 150 cm³/mol. The first-order valence-electron chi connectivity index (χ1n) is 12.9. The first-order chi connectivity index (χ1) is 20.3. The summed E-state index contributed by atoms with van der Waals surface area (Å²) < 4.78 is 19.5. The van der Waals surface area contributed by atoms with E-state index in [4.69, 9.17) is 21.2 Å². The van der Waals surface area contributed by atoms with Crippen LogP contribution in [0.3, 0.4) is 0 Å². The van der Waals surface area contributed by atoms with Gasteiger partial charge < -0.3 is 19.8 Å². The van der Waals surface area contributed by atoms with Gasteiger partial charge in [-0.3, -0.25) is 9.59 Å². The van der Waals surface area contributed by atoms with Gasteiger partial charge in [-0.1, -0.05) is 40.7 Å². The maximum Gasteiger partial charge on any atom is 0.346 e. The van der Waals surface area contributed by atoms with Crippen LogP contribution in [0.15, 0.2) is 66.9 Å². The van der Waals surface area contributed by atoms with Gasteiger partial charge in [-0.15, -0.1) is 5.10 Å². The number of nitrogens with one attached hydrogen (secondary N) is 1. The maximum atomic E-state index is 14.3. The highest BCUT2D eigenvalue weighted by Crippen LogP contribution is 2.32. The topological polar surface area (TPSA) is 124 Å². The van der Waals surface area contributed by atoms with Gasteiger partial charge in [-0.05, 0) is 54.1 Å². The first kappa shape index (κ1) is 27.1. The molecule has 2 aromatic heterocycles. The van der Waals surface area contributed by atoms with Crippen molar-refractivity contribution in [3.05, 3.63) is 94.4 Å². The van der Waals surface area contributed by atoms with Gasteiger partial charge in [0.1, 0.15) is 29.1 Å². The minimum absolute atomic E-state index is 0.0169. The van der Waals surface area contributed by atoms with Crippen LogP contribution in [0.5, 0.6) is 11.8 Å². The van der Waals surface area contributed by atoms with Gasteiger partial charge in [0.15, 0.2) is 0 Å². The van der Waals surface area contributed by atoms with E-state index >= 15 is 0 Å². The van der Waals surface area contributed by atoms with Gasteiger partial charge in [0, 0.05) is 23.2 Å². The van der Waals surface area contributed by atoms with E-state index in [2.05, 4.69) is 25.6 Å². The third kappa shape index (κ3) is 5.19. The number of methoxy groups -OCH3 is 1. The van der Waals surface area contributed by atoms with E-state index < -0.39 is 17.8 Å². The molecule has 0 unspecified atom stereocenters. The molecule has 11 nitrogen and oxygen atoms in total. The lowest BCUT2D eigenvalue weighted by molar-refractivity contribution is -0.122. The third-order valence-corrected chi connectivity index (χ3v) is 7.13. The SMILES string of the molecule is COc1ccc(F)c([C@@H](C)NC(=O)CN2Cc3ccc(-c4nc(On5nnc6ccccc65)ncc4Cl)cc3C2=O)c1. The molecule has 42 heavy (non-hydrogen) atoms. The zero-order valence-electron chi connectivity index (χ0n) is 22.4. The number of hydrogen-bond acceptors (Lipinski definition) is 8. The van der Waals surface area contributed by atoms with Crippen molar-refractivity contribution < 1.29 is 23.6 Å². The number of amides is 2. The molecular formula is C29H23ClFN7O4. The molecule has 0 spiro atoms. The molecule has 1 N–H and O–H groups in total. The second kappa shape index (κ2) is 11.1. The minimum atomic E-state index is -0.633. The summed E-state index contributed by atoms with van der Waals surface area (Å²) in [5, 5.41) is 11.0. The third-order valence-electron chi connectivity index (χ3n) is 6.86. The van der Waals surface area contributed by atoms with Crippen molar-refractivity contribution in [3.63, 3.8) is 0 Å². The van der Waals surface area contributed by atoms with E-state index in [1.807, 2.05) is 12.1 Å². The van der Waals surface area contributed by atoms with E-state index in [1.165, 1.54) is 41.3 Å². The largest absolute Gasteiger partial charge is 0.497 e. The van der Waals surface area contributed by atoms with Gasteiger partial charge in [-0.25, -0.2) is 9.37 Å². The Morgan fingerprint density at radius 2 is 2.00 bits per heavy atom. The Morgan fingerprint density at radius 1 is 1.17 bits per heavy atom. The van der Waals surface area contributed by atoms with E-state index in [9.17, 15) is 14.0 Å². The van der Waals surface area contributed by atoms with E-state index in [-0.39, 0.29) is 35.6 Å². The summed E-state index contributed by atoms with van der Waals surface area (Å²) in [4.78, 5) is 43.0. The quantitative estimate of drug-likeness (QED) is 0.284. The van der Waals surface area contributed by atoms with Gasteiger partial charge in [0.25, 0.3) is 5.91 Å². The average Bonchev–Trinajstić information content (AvgIpc) is 3.54. The summed E-state index contributed by atoms with van der Waals surface area (Å²) in [6.45, 7) is 1.71. The number of fused-ring (bicyclic) bond motifs is 2. The number of ether oxygens (including phenoxy) is 1. The van der Waals surface area contributed by atoms with Crippen molar-refractivity contribution in [2.45, 2.75) is 19.5 Å². The highest BCUT2D eigenvalue weighted by molar-refractivity contribution is 6.32. The van der Waals surface area contributed by atoms with Crippen molar-refractivity contribution in [2.24, 2.45) is 0 Å². The van der Waals surface area contributed by atoms with Crippen LogP contribution in [0.4, 0.5) is 4.39 Å². The minimum Gasteiger partial charge on any atom is -0.497 e. The van der Waals surface area contributed by atoms with Gasteiger partial charge in [-0.2, -0.15) is 4.98 Å². The zero-order valence-corrected chi connectivity index (χ0v) is 23.2. The van der Waals surface area contributed by atoms with E-state index in [0.717, 1.165) is 5.56 Å². The van der Waals surface area contributed by atoms with Crippen LogP contribution in [0.25, 0.3) is 22.3 Å². The fraction of sp³-hybridized carbons (Fsp3) is 0.172. The van der Waals surface area contributed by atoms with Crippen molar-refractivity contribution >= 4 is 34.4 Å². The summed E-state index contributed by atoms with van der Waals surface area (Å²) in [5.74, 6) is -0.736. The summed E-state index contributed by atoms with van der Waals surface area (Å²) in [6.07, 6.45) is 1.40. The predicted octanol–water partition coefficient (Wildman–Crippen LogP) is 4.36. The number of benzene rings is 3. The van der Waals surface area contributed by atoms with Crippen LogP contribution >= 0.6 is 11.6 Å². The fourth-order valence-electron chi connectivity index (χ4n) is 4.74. The Hall–Kier alpha value is -5.10. The van der Waals surface area contributed by atoms with E-state index in [1.54, 1.807) is 37.3 Å².